The molecule has 3 rings (SSSR count). The first-order chi connectivity index (χ1) is 13.1. The van der Waals surface area contributed by atoms with Gasteiger partial charge in [0.1, 0.15) is 17.3 Å². The van der Waals surface area contributed by atoms with E-state index in [-0.39, 0.29) is 11.6 Å². The van der Waals surface area contributed by atoms with Gasteiger partial charge >= 0.3 is 0 Å². The van der Waals surface area contributed by atoms with Crippen LogP contribution < -0.4 is 15.4 Å². The van der Waals surface area contributed by atoms with E-state index in [1.54, 1.807) is 37.6 Å². The van der Waals surface area contributed by atoms with E-state index in [4.69, 9.17) is 16.3 Å². The molecule has 0 bridgehead atoms. The van der Waals surface area contributed by atoms with Gasteiger partial charge in [-0.15, -0.1) is 0 Å². The molecule has 0 radical (unpaired) electrons. The molecular formula is C20H19ClN4O2. The number of ether oxygens (including phenoxy) is 1. The number of aromatic nitrogens is 2. The molecule has 138 valence electrons. The number of anilines is 2. The number of carbonyl (C=O) groups is 1. The van der Waals surface area contributed by atoms with Crippen molar-refractivity contribution in [3.63, 3.8) is 0 Å². The highest BCUT2D eigenvalue weighted by Crippen LogP contribution is 2.15. The van der Waals surface area contributed by atoms with E-state index in [0.29, 0.717) is 18.1 Å². The van der Waals surface area contributed by atoms with Crippen LogP contribution in [0.1, 0.15) is 16.1 Å². The predicted molar refractivity (Wildman–Crippen MR) is 107 cm³/mol. The van der Waals surface area contributed by atoms with Gasteiger partial charge in [-0.2, -0.15) is 0 Å². The fourth-order valence-corrected chi connectivity index (χ4v) is 2.52. The molecule has 7 heteroatoms. The third-order valence-corrected chi connectivity index (χ3v) is 4.12. The molecule has 0 saturated heterocycles. The van der Waals surface area contributed by atoms with E-state index in [9.17, 15) is 4.79 Å². The van der Waals surface area contributed by atoms with Gasteiger partial charge in [0.05, 0.1) is 19.5 Å². The Morgan fingerprint density at radius 3 is 2.41 bits per heavy atom. The largest absolute Gasteiger partial charge is 0.497 e. The van der Waals surface area contributed by atoms with Gasteiger partial charge in [-0.3, -0.25) is 4.79 Å². The Hall–Kier alpha value is -3.12. The summed E-state index contributed by atoms with van der Waals surface area (Å²) >= 11 is 5.87. The van der Waals surface area contributed by atoms with Crippen LogP contribution in [-0.2, 0) is 6.42 Å². The normalized spacial score (nSPS) is 10.3. The molecule has 0 aliphatic carbocycles. The van der Waals surface area contributed by atoms with Crippen molar-refractivity contribution in [2.45, 2.75) is 6.42 Å². The average Bonchev–Trinajstić information content (AvgIpc) is 2.70. The second-order valence-electron chi connectivity index (χ2n) is 5.77. The number of hydrogen-bond acceptors (Lipinski definition) is 5. The van der Waals surface area contributed by atoms with E-state index in [2.05, 4.69) is 20.6 Å². The maximum absolute atomic E-state index is 12.2. The van der Waals surface area contributed by atoms with Crippen LogP contribution in [-0.4, -0.2) is 29.5 Å². The lowest BCUT2D eigenvalue weighted by Crippen LogP contribution is -2.15. The molecule has 0 unspecified atom stereocenters. The van der Waals surface area contributed by atoms with E-state index >= 15 is 0 Å². The van der Waals surface area contributed by atoms with Crippen LogP contribution in [0.4, 0.5) is 11.5 Å². The van der Waals surface area contributed by atoms with Crippen molar-refractivity contribution in [3.8, 4) is 5.75 Å². The van der Waals surface area contributed by atoms with Crippen LogP contribution in [0.15, 0.2) is 60.9 Å². The first-order valence-corrected chi connectivity index (χ1v) is 8.77. The molecule has 2 N–H and O–H groups in total. The molecule has 0 aliphatic rings. The quantitative estimate of drug-likeness (QED) is 0.644. The van der Waals surface area contributed by atoms with Gasteiger partial charge < -0.3 is 15.4 Å². The minimum absolute atomic E-state index is 0.245. The Balaban J connectivity index is 1.51. The Labute approximate surface area is 162 Å². The van der Waals surface area contributed by atoms with Gasteiger partial charge in [0.15, 0.2) is 0 Å². The third kappa shape index (κ3) is 5.43. The highest BCUT2D eigenvalue weighted by Gasteiger charge is 2.08. The van der Waals surface area contributed by atoms with Crippen LogP contribution in [0.25, 0.3) is 0 Å². The molecular weight excluding hydrogens is 364 g/mol. The lowest BCUT2D eigenvalue weighted by molar-refractivity contribution is 0.102. The zero-order valence-corrected chi connectivity index (χ0v) is 15.5. The number of halogens is 1. The van der Waals surface area contributed by atoms with Crippen LogP contribution in [0.2, 0.25) is 5.02 Å². The lowest BCUT2D eigenvalue weighted by atomic mass is 10.1. The first-order valence-electron chi connectivity index (χ1n) is 8.40. The summed E-state index contributed by atoms with van der Waals surface area (Å²) in [6.07, 6.45) is 3.83. The highest BCUT2D eigenvalue weighted by molar-refractivity contribution is 6.30. The summed E-state index contributed by atoms with van der Waals surface area (Å²) in [4.78, 5) is 20.6. The topological polar surface area (TPSA) is 76.1 Å². The highest BCUT2D eigenvalue weighted by atomic mass is 35.5. The Bertz CT molecular complexity index is 881. The van der Waals surface area contributed by atoms with Gasteiger partial charge in [-0.1, -0.05) is 23.7 Å². The summed E-state index contributed by atoms with van der Waals surface area (Å²) in [7, 11) is 1.59. The molecule has 0 atom stereocenters. The summed E-state index contributed by atoms with van der Waals surface area (Å²) in [5, 5.41) is 6.68. The van der Waals surface area contributed by atoms with Gasteiger partial charge in [-0.05, 0) is 48.4 Å². The zero-order valence-electron chi connectivity index (χ0n) is 14.8. The van der Waals surface area contributed by atoms with E-state index in [1.807, 2.05) is 24.3 Å². The summed E-state index contributed by atoms with van der Waals surface area (Å²) in [6.45, 7) is 0.702. The maximum Gasteiger partial charge on any atom is 0.275 e. The van der Waals surface area contributed by atoms with Crippen LogP contribution in [0, 0.1) is 0 Å². The van der Waals surface area contributed by atoms with Crippen molar-refractivity contribution in [3.05, 3.63) is 77.2 Å². The summed E-state index contributed by atoms with van der Waals surface area (Å²) in [5.74, 6) is 1.02. The molecule has 2 aromatic carbocycles. The van der Waals surface area contributed by atoms with Crippen molar-refractivity contribution >= 4 is 29.0 Å². The van der Waals surface area contributed by atoms with Crippen LogP contribution in [0.5, 0.6) is 5.75 Å². The number of carbonyl (C=O) groups excluding carboxylic acids is 1. The lowest BCUT2D eigenvalue weighted by Gasteiger charge is -2.08. The third-order valence-electron chi connectivity index (χ3n) is 3.87. The predicted octanol–water partition coefficient (Wildman–Crippen LogP) is 4.05. The minimum Gasteiger partial charge on any atom is -0.497 e. The monoisotopic (exact) mass is 382 g/mol. The molecule has 0 spiro atoms. The molecule has 1 aromatic heterocycles. The van der Waals surface area contributed by atoms with Crippen LogP contribution in [0.3, 0.4) is 0 Å². The maximum atomic E-state index is 12.2. The number of nitrogens with zero attached hydrogens (tertiary/aromatic N) is 2. The fraction of sp³-hybridized carbons (Fsp3) is 0.150. The smallest absolute Gasteiger partial charge is 0.275 e. The van der Waals surface area contributed by atoms with Crippen molar-refractivity contribution in [2.75, 3.05) is 24.3 Å². The molecule has 0 fully saturated rings. The first kappa shape index (κ1) is 18.7. The molecule has 3 aromatic rings. The van der Waals surface area contributed by atoms with Crippen molar-refractivity contribution in [1.82, 2.24) is 9.97 Å². The number of benzene rings is 2. The van der Waals surface area contributed by atoms with Crippen molar-refractivity contribution in [1.29, 1.82) is 0 Å². The van der Waals surface area contributed by atoms with Gasteiger partial charge in [-0.25, -0.2) is 9.97 Å². The van der Waals surface area contributed by atoms with Crippen LogP contribution >= 0.6 is 11.6 Å². The van der Waals surface area contributed by atoms with Crippen molar-refractivity contribution < 1.29 is 9.53 Å². The number of rotatable bonds is 7. The molecule has 0 aliphatic heterocycles. The molecule has 0 saturated carbocycles. The van der Waals surface area contributed by atoms with E-state index < -0.39 is 0 Å². The average molecular weight is 383 g/mol. The molecule has 27 heavy (non-hydrogen) atoms. The Morgan fingerprint density at radius 2 is 1.78 bits per heavy atom. The van der Waals surface area contributed by atoms with E-state index in [0.717, 1.165) is 17.2 Å². The number of methoxy groups -OCH3 is 1. The summed E-state index contributed by atoms with van der Waals surface area (Å²) < 4.78 is 5.09. The molecule has 1 amide bonds. The minimum atomic E-state index is -0.319. The van der Waals surface area contributed by atoms with Gasteiger partial charge in [0, 0.05) is 17.3 Å². The fourth-order valence-electron chi connectivity index (χ4n) is 2.39. The summed E-state index contributed by atoms with van der Waals surface area (Å²) in [5.41, 5.74) is 2.08. The zero-order chi connectivity index (χ0) is 19.1. The SMILES string of the molecule is COc1ccc(NC(=O)c2cnc(NCCc3ccc(Cl)cc3)cn2)cc1. The number of nitrogens with one attached hydrogen (secondary N) is 2. The van der Waals surface area contributed by atoms with Crippen molar-refractivity contribution in [2.24, 2.45) is 0 Å². The van der Waals surface area contributed by atoms with Gasteiger partial charge in [0.2, 0.25) is 0 Å². The number of amides is 1. The molecule has 1 heterocycles. The van der Waals surface area contributed by atoms with E-state index in [1.165, 1.54) is 11.8 Å². The second kappa shape index (κ2) is 9.00. The van der Waals surface area contributed by atoms with Gasteiger partial charge in [0.25, 0.3) is 5.91 Å². The number of hydrogen-bond donors (Lipinski definition) is 2. The second-order valence-corrected chi connectivity index (χ2v) is 6.21. The Kier molecular flexibility index (Phi) is 6.22. The standard InChI is InChI=1S/C20H19ClN4O2/c1-27-17-8-6-16(7-9-17)25-20(26)18-12-24-19(13-23-18)22-11-10-14-2-4-15(21)5-3-14/h2-9,12-13H,10-11H2,1H3,(H,22,24)(H,25,26). The molecule has 6 nitrogen and oxygen atoms in total. The summed E-state index contributed by atoms with van der Waals surface area (Å²) in [6, 6.07) is 14.8. The Morgan fingerprint density at radius 1 is 1.04 bits per heavy atom.